The van der Waals surface area contributed by atoms with E-state index in [4.69, 9.17) is 0 Å². The number of fused-ring (bicyclic) bond motifs is 1. The summed E-state index contributed by atoms with van der Waals surface area (Å²) < 4.78 is 29.4. The number of hydrogen-bond acceptors (Lipinski definition) is 3. The number of benzene rings is 1. The van der Waals surface area contributed by atoms with Gasteiger partial charge in [0.25, 0.3) is 10.0 Å². The van der Waals surface area contributed by atoms with Crippen LogP contribution in [0.2, 0.25) is 0 Å². The van der Waals surface area contributed by atoms with E-state index in [1.165, 1.54) is 0 Å². The Kier molecular flexibility index (Phi) is 3.85. The van der Waals surface area contributed by atoms with E-state index in [9.17, 15) is 8.42 Å². The maximum absolute atomic E-state index is 12.5. The minimum absolute atomic E-state index is 0.254. The first-order chi connectivity index (χ1) is 10.8. The molecular formula is C17H19N3O2S. The molecule has 0 saturated heterocycles. The van der Waals surface area contributed by atoms with E-state index in [-0.39, 0.29) is 4.90 Å². The topological polar surface area (TPSA) is 63.5 Å². The maximum atomic E-state index is 12.5. The number of aromatic nitrogens is 2. The molecule has 1 aromatic carbocycles. The number of nitrogens with zero attached hydrogens (tertiary/aromatic N) is 2. The van der Waals surface area contributed by atoms with Crippen LogP contribution in [0.4, 0.5) is 5.69 Å². The lowest BCUT2D eigenvalue weighted by atomic mass is 10.0. The van der Waals surface area contributed by atoms with Gasteiger partial charge in [-0.3, -0.25) is 4.72 Å². The van der Waals surface area contributed by atoms with Gasteiger partial charge in [-0.1, -0.05) is 26.0 Å². The minimum Gasteiger partial charge on any atom is -0.305 e. The van der Waals surface area contributed by atoms with Gasteiger partial charge in [-0.05, 0) is 42.7 Å². The summed E-state index contributed by atoms with van der Waals surface area (Å²) in [5, 5.41) is 0. The van der Waals surface area contributed by atoms with Crippen LogP contribution in [0.25, 0.3) is 5.65 Å². The molecule has 6 heteroatoms. The summed E-state index contributed by atoms with van der Waals surface area (Å²) in [6, 6.07) is 10.5. The fourth-order valence-corrected chi connectivity index (χ4v) is 3.47. The number of nitrogens with one attached hydrogen (secondary N) is 1. The van der Waals surface area contributed by atoms with Crippen LogP contribution in [0, 0.1) is 6.92 Å². The van der Waals surface area contributed by atoms with Gasteiger partial charge in [0, 0.05) is 12.4 Å². The Morgan fingerprint density at radius 3 is 2.39 bits per heavy atom. The van der Waals surface area contributed by atoms with Crippen molar-refractivity contribution < 1.29 is 8.42 Å². The second kappa shape index (κ2) is 5.70. The molecule has 3 aromatic rings. The fraction of sp³-hybridized carbons (Fsp3) is 0.235. The summed E-state index contributed by atoms with van der Waals surface area (Å²) in [5.41, 5.74) is 3.28. The number of anilines is 1. The van der Waals surface area contributed by atoms with Crippen LogP contribution >= 0.6 is 0 Å². The Morgan fingerprint density at radius 2 is 1.74 bits per heavy atom. The van der Waals surface area contributed by atoms with E-state index in [1.54, 1.807) is 34.9 Å². The van der Waals surface area contributed by atoms with Crippen molar-refractivity contribution in [2.24, 2.45) is 0 Å². The smallest absolute Gasteiger partial charge is 0.261 e. The van der Waals surface area contributed by atoms with Crippen molar-refractivity contribution in [3.63, 3.8) is 0 Å². The first-order valence-corrected chi connectivity index (χ1v) is 8.91. The van der Waals surface area contributed by atoms with Crippen LogP contribution < -0.4 is 4.72 Å². The molecule has 23 heavy (non-hydrogen) atoms. The molecule has 0 saturated carbocycles. The lowest BCUT2D eigenvalue weighted by molar-refractivity contribution is 0.601. The average molecular weight is 329 g/mol. The van der Waals surface area contributed by atoms with Gasteiger partial charge in [0.05, 0.1) is 16.3 Å². The van der Waals surface area contributed by atoms with Crippen LogP contribution in [0.3, 0.4) is 0 Å². The maximum Gasteiger partial charge on any atom is 0.261 e. The number of rotatable bonds is 4. The molecule has 5 nitrogen and oxygen atoms in total. The van der Waals surface area contributed by atoms with Crippen molar-refractivity contribution in [2.45, 2.75) is 31.6 Å². The molecule has 0 bridgehead atoms. The summed E-state index contributed by atoms with van der Waals surface area (Å²) in [7, 11) is -3.60. The number of pyridine rings is 1. The van der Waals surface area contributed by atoms with Crippen LogP contribution in [0.5, 0.6) is 0 Å². The Balaban J connectivity index is 1.89. The van der Waals surface area contributed by atoms with Crippen molar-refractivity contribution >= 4 is 21.4 Å². The lowest BCUT2D eigenvalue weighted by Crippen LogP contribution is -2.13. The highest BCUT2D eigenvalue weighted by Gasteiger charge is 2.15. The molecule has 0 radical (unpaired) electrons. The van der Waals surface area contributed by atoms with Crippen molar-refractivity contribution in [1.29, 1.82) is 0 Å². The Morgan fingerprint density at radius 1 is 1.04 bits per heavy atom. The summed E-state index contributed by atoms with van der Waals surface area (Å²) in [6.07, 6.45) is 3.57. The third-order valence-electron chi connectivity index (χ3n) is 3.68. The standard InChI is InChI=1S/C17H19N3O2S/c1-12(2)14-4-7-16(8-5-14)23(21,22)19-15-6-9-17-18-13(3)10-20(17)11-15/h4-12,19H,1-3H3. The quantitative estimate of drug-likeness (QED) is 0.796. The molecule has 2 heterocycles. The lowest BCUT2D eigenvalue weighted by Gasteiger charge is -2.10. The van der Waals surface area contributed by atoms with Crippen molar-refractivity contribution in [3.8, 4) is 0 Å². The highest BCUT2D eigenvalue weighted by molar-refractivity contribution is 7.92. The fourth-order valence-electron chi connectivity index (χ4n) is 2.42. The van der Waals surface area contributed by atoms with Gasteiger partial charge in [-0.25, -0.2) is 13.4 Å². The summed E-state index contributed by atoms with van der Waals surface area (Å²) in [5.74, 6) is 0.367. The highest BCUT2D eigenvalue weighted by Crippen LogP contribution is 2.20. The van der Waals surface area contributed by atoms with Gasteiger partial charge in [0.15, 0.2) is 0 Å². The molecule has 0 spiro atoms. The first-order valence-electron chi connectivity index (χ1n) is 7.43. The third kappa shape index (κ3) is 3.22. The zero-order valence-electron chi connectivity index (χ0n) is 13.3. The third-order valence-corrected chi connectivity index (χ3v) is 5.08. The second-order valence-corrected chi connectivity index (χ2v) is 7.58. The first kappa shape index (κ1) is 15.6. The Bertz CT molecular complexity index is 942. The molecule has 0 atom stereocenters. The highest BCUT2D eigenvalue weighted by atomic mass is 32.2. The zero-order chi connectivity index (χ0) is 16.6. The number of hydrogen-bond donors (Lipinski definition) is 1. The molecule has 0 aliphatic heterocycles. The number of sulfonamides is 1. The summed E-state index contributed by atoms with van der Waals surface area (Å²) in [4.78, 5) is 4.57. The monoisotopic (exact) mass is 329 g/mol. The van der Waals surface area contributed by atoms with E-state index in [0.29, 0.717) is 11.6 Å². The zero-order valence-corrected chi connectivity index (χ0v) is 14.1. The summed E-state index contributed by atoms with van der Waals surface area (Å²) >= 11 is 0. The van der Waals surface area contributed by atoms with Gasteiger partial charge in [-0.2, -0.15) is 0 Å². The summed E-state index contributed by atoms with van der Waals surface area (Å²) in [6.45, 7) is 6.04. The molecule has 0 aliphatic carbocycles. The van der Waals surface area contributed by atoms with E-state index < -0.39 is 10.0 Å². The van der Waals surface area contributed by atoms with Gasteiger partial charge >= 0.3 is 0 Å². The number of aryl methyl sites for hydroxylation is 1. The Hall–Kier alpha value is -2.34. The molecule has 0 amide bonds. The molecule has 0 fully saturated rings. The molecule has 0 unspecified atom stereocenters. The molecule has 2 aromatic heterocycles. The molecule has 3 rings (SSSR count). The van der Waals surface area contributed by atoms with Gasteiger partial charge in [-0.15, -0.1) is 0 Å². The van der Waals surface area contributed by atoms with Crippen LogP contribution in [-0.4, -0.2) is 17.8 Å². The van der Waals surface area contributed by atoms with Crippen LogP contribution in [-0.2, 0) is 10.0 Å². The molecule has 0 aliphatic rings. The second-order valence-electron chi connectivity index (χ2n) is 5.89. The normalized spacial score (nSPS) is 12.0. The van der Waals surface area contributed by atoms with Crippen LogP contribution in [0.15, 0.2) is 53.7 Å². The Labute approximate surface area is 136 Å². The largest absolute Gasteiger partial charge is 0.305 e. The van der Waals surface area contributed by atoms with Gasteiger partial charge in [0.2, 0.25) is 0 Å². The SMILES string of the molecule is Cc1cn2cc(NS(=O)(=O)c3ccc(C(C)C)cc3)ccc2n1. The van der Waals surface area contributed by atoms with E-state index in [1.807, 2.05) is 25.3 Å². The van der Waals surface area contributed by atoms with Crippen molar-refractivity contribution in [3.05, 3.63) is 60.0 Å². The van der Waals surface area contributed by atoms with Gasteiger partial charge in [0.1, 0.15) is 5.65 Å². The average Bonchev–Trinajstić information content (AvgIpc) is 2.86. The number of imidazole rings is 1. The van der Waals surface area contributed by atoms with E-state index >= 15 is 0 Å². The molecule has 1 N–H and O–H groups in total. The van der Waals surface area contributed by atoms with Crippen molar-refractivity contribution in [2.75, 3.05) is 4.72 Å². The van der Waals surface area contributed by atoms with E-state index in [0.717, 1.165) is 16.9 Å². The molecule has 120 valence electrons. The minimum atomic E-state index is -3.60. The van der Waals surface area contributed by atoms with Crippen molar-refractivity contribution in [1.82, 2.24) is 9.38 Å². The van der Waals surface area contributed by atoms with E-state index in [2.05, 4.69) is 23.6 Å². The predicted molar refractivity (Wildman–Crippen MR) is 91.3 cm³/mol. The molecular weight excluding hydrogens is 310 g/mol. The van der Waals surface area contributed by atoms with Gasteiger partial charge < -0.3 is 4.40 Å². The van der Waals surface area contributed by atoms with Crippen LogP contribution in [0.1, 0.15) is 31.0 Å². The predicted octanol–water partition coefficient (Wildman–Crippen LogP) is 3.57.